The average Bonchev–Trinajstić information content (AvgIpc) is 2.47. The van der Waals surface area contributed by atoms with Crippen molar-refractivity contribution in [2.75, 3.05) is 19.7 Å². The molecule has 118 valence electrons. The van der Waals surface area contributed by atoms with Crippen molar-refractivity contribution in [1.29, 1.82) is 0 Å². The summed E-state index contributed by atoms with van der Waals surface area (Å²) in [5, 5.41) is 21.1. The molecule has 0 aliphatic rings. The number of aliphatic hydroxyl groups is 1. The summed E-state index contributed by atoms with van der Waals surface area (Å²) < 4.78 is 0. The van der Waals surface area contributed by atoms with Crippen molar-refractivity contribution in [3.8, 4) is 0 Å². The van der Waals surface area contributed by atoms with Crippen LogP contribution in [-0.2, 0) is 6.54 Å². The highest BCUT2D eigenvalue weighted by Gasteiger charge is 2.23. The molecular formula is C16H27N3O2. The molecule has 5 heteroatoms. The Labute approximate surface area is 127 Å². The molecule has 1 rings (SSSR count). The molecule has 1 aromatic rings. The number of benzene rings is 1. The van der Waals surface area contributed by atoms with Crippen LogP contribution in [0.2, 0.25) is 0 Å². The molecule has 5 nitrogen and oxygen atoms in total. The van der Waals surface area contributed by atoms with E-state index in [1.54, 1.807) is 0 Å². The quantitative estimate of drug-likeness (QED) is 0.282. The van der Waals surface area contributed by atoms with Crippen LogP contribution in [0.3, 0.4) is 0 Å². The van der Waals surface area contributed by atoms with Gasteiger partial charge in [-0.1, -0.05) is 49.3 Å². The first kappa shape index (κ1) is 17.5. The Bertz CT molecular complexity index is 432. The molecule has 0 aliphatic heterocycles. The second-order valence-corrected chi connectivity index (χ2v) is 5.96. The van der Waals surface area contributed by atoms with E-state index in [9.17, 15) is 5.11 Å². The van der Waals surface area contributed by atoms with Gasteiger partial charge in [-0.15, -0.1) is 0 Å². The molecule has 0 amide bonds. The standard InChI is InChI=1S/C16H27N3O2/c1-16(2,15(17)18-21)9-6-10-19(11-12-20)13-14-7-4-3-5-8-14/h3-5,7-8,20-21H,6,9-13H2,1-2H3,(H2,17,18). The van der Waals surface area contributed by atoms with Crippen LogP contribution in [0.1, 0.15) is 32.3 Å². The number of amidine groups is 1. The lowest BCUT2D eigenvalue weighted by Crippen LogP contribution is -2.33. The minimum atomic E-state index is -0.313. The van der Waals surface area contributed by atoms with Gasteiger partial charge in [-0.25, -0.2) is 0 Å². The molecule has 0 radical (unpaired) electrons. The van der Waals surface area contributed by atoms with Crippen molar-refractivity contribution < 1.29 is 10.3 Å². The van der Waals surface area contributed by atoms with Crippen LogP contribution in [0.5, 0.6) is 0 Å². The maximum Gasteiger partial charge on any atom is 0.144 e. The van der Waals surface area contributed by atoms with Crippen LogP contribution in [0.4, 0.5) is 0 Å². The van der Waals surface area contributed by atoms with E-state index in [1.807, 2.05) is 32.0 Å². The number of hydrogen-bond acceptors (Lipinski definition) is 4. The number of nitrogens with zero attached hydrogens (tertiary/aromatic N) is 2. The van der Waals surface area contributed by atoms with E-state index in [4.69, 9.17) is 10.9 Å². The highest BCUT2D eigenvalue weighted by molar-refractivity contribution is 5.85. The van der Waals surface area contributed by atoms with Gasteiger partial charge in [0.25, 0.3) is 0 Å². The fourth-order valence-electron chi connectivity index (χ4n) is 2.26. The molecule has 21 heavy (non-hydrogen) atoms. The summed E-state index contributed by atoms with van der Waals surface area (Å²) in [5.41, 5.74) is 6.62. The van der Waals surface area contributed by atoms with Gasteiger partial charge in [0.2, 0.25) is 0 Å². The molecule has 0 spiro atoms. The predicted molar refractivity (Wildman–Crippen MR) is 85.2 cm³/mol. The zero-order chi connectivity index (χ0) is 15.7. The summed E-state index contributed by atoms with van der Waals surface area (Å²) in [5.74, 6) is 0.263. The first-order valence-corrected chi connectivity index (χ1v) is 7.34. The van der Waals surface area contributed by atoms with Crippen molar-refractivity contribution in [2.45, 2.75) is 33.2 Å². The van der Waals surface area contributed by atoms with Crippen LogP contribution < -0.4 is 5.73 Å². The predicted octanol–water partition coefficient (Wildman–Crippen LogP) is 2.03. The summed E-state index contributed by atoms with van der Waals surface area (Å²) in [6.45, 7) is 6.43. The molecule has 0 saturated carbocycles. The summed E-state index contributed by atoms with van der Waals surface area (Å²) in [7, 11) is 0. The first-order chi connectivity index (χ1) is 9.99. The van der Waals surface area contributed by atoms with E-state index in [0.717, 1.165) is 25.9 Å². The van der Waals surface area contributed by atoms with Gasteiger partial charge in [0, 0.05) is 18.5 Å². The lowest BCUT2D eigenvalue weighted by Gasteiger charge is -2.26. The third-order valence-electron chi connectivity index (χ3n) is 3.74. The minimum absolute atomic E-state index is 0.149. The number of nitrogens with two attached hydrogens (primary N) is 1. The van der Waals surface area contributed by atoms with Gasteiger partial charge < -0.3 is 16.0 Å². The summed E-state index contributed by atoms with van der Waals surface area (Å²) in [6.07, 6.45) is 1.76. The summed E-state index contributed by atoms with van der Waals surface area (Å²) >= 11 is 0. The Hall–Kier alpha value is -1.59. The lowest BCUT2D eigenvalue weighted by atomic mass is 9.86. The third kappa shape index (κ3) is 6.14. The third-order valence-corrected chi connectivity index (χ3v) is 3.74. The first-order valence-electron chi connectivity index (χ1n) is 7.34. The van der Waals surface area contributed by atoms with Gasteiger partial charge in [-0.05, 0) is 24.9 Å². The van der Waals surface area contributed by atoms with Crippen molar-refractivity contribution in [1.82, 2.24) is 4.90 Å². The van der Waals surface area contributed by atoms with Gasteiger partial charge >= 0.3 is 0 Å². The molecule has 0 fully saturated rings. The van der Waals surface area contributed by atoms with Crippen molar-refractivity contribution >= 4 is 5.84 Å². The highest BCUT2D eigenvalue weighted by atomic mass is 16.4. The average molecular weight is 293 g/mol. The number of hydrogen-bond donors (Lipinski definition) is 3. The van der Waals surface area contributed by atoms with Crippen LogP contribution in [0.25, 0.3) is 0 Å². The second kappa shape index (κ2) is 8.64. The molecule has 0 heterocycles. The Morgan fingerprint density at radius 2 is 1.90 bits per heavy atom. The van der Waals surface area contributed by atoms with Gasteiger partial charge in [-0.2, -0.15) is 0 Å². The fraction of sp³-hybridized carbons (Fsp3) is 0.562. The molecule has 0 bridgehead atoms. The Balaban J connectivity index is 2.48. The van der Waals surface area contributed by atoms with Gasteiger partial charge in [0.15, 0.2) is 0 Å². The number of rotatable bonds is 9. The number of aliphatic hydroxyl groups excluding tert-OH is 1. The van der Waals surface area contributed by atoms with Crippen LogP contribution >= 0.6 is 0 Å². The van der Waals surface area contributed by atoms with E-state index in [2.05, 4.69) is 22.2 Å². The molecule has 0 saturated heterocycles. The maximum absolute atomic E-state index is 9.19. The van der Waals surface area contributed by atoms with E-state index >= 15 is 0 Å². The Morgan fingerprint density at radius 3 is 2.48 bits per heavy atom. The Morgan fingerprint density at radius 1 is 1.24 bits per heavy atom. The molecular weight excluding hydrogens is 266 g/mol. The Kier molecular flexibility index (Phi) is 7.19. The molecule has 0 aliphatic carbocycles. The monoisotopic (exact) mass is 293 g/mol. The smallest absolute Gasteiger partial charge is 0.144 e. The number of oxime groups is 1. The summed E-state index contributed by atoms with van der Waals surface area (Å²) in [4.78, 5) is 2.22. The van der Waals surface area contributed by atoms with E-state index in [1.165, 1.54) is 5.56 Å². The van der Waals surface area contributed by atoms with Gasteiger partial charge in [0.05, 0.1) is 6.61 Å². The maximum atomic E-state index is 9.19. The zero-order valence-electron chi connectivity index (χ0n) is 13.0. The molecule has 1 aromatic carbocycles. The lowest BCUT2D eigenvalue weighted by molar-refractivity contribution is 0.184. The van der Waals surface area contributed by atoms with Crippen LogP contribution in [-0.4, -0.2) is 40.7 Å². The van der Waals surface area contributed by atoms with Crippen molar-refractivity contribution in [3.63, 3.8) is 0 Å². The van der Waals surface area contributed by atoms with Gasteiger partial charge in [-0.3, -0.25) is 4.90 Å². The fourth-order valence-corrected chi connectivity index (χ4v) is 2.26. The van der Waals surface area contributed by atoms with Crippen LogP contribution in [0, 0.1) is 5.41 Å². The summed E-state index contributed by atoms with van der Waals surface area (Å²) in [6, 6.07) is 10.2. The highest BCUT2D eigenvalue weighted by Crippen LogP contribution is 2.22. The van der Waals surface area contributed by atoms with E-state index in [-0.39, 0.29) is 17.9 Å². The zero-order valence-corrected chi connectivity index (χ0v) is 13.0. The molecule has 0 aromatic heterocycles. The SMILES string of the molecule is CC(C)(CCCN(CCO)Cc1ccccc1)C(N)=NO. The van der Waals surface area contributed by atoms with Crippen LogP contribution in [0.15, 0.2) is 35.5 Å². The van der Waals surface area contributed by atoms with Crippen molar-refractivity contribution in [2.24, 2.45) is 16.3 Å². The largest absolute Gasteiger partial charge is 0.409 e. The molecule has 0 unspecified atom stereocenters. The van der Waals surface area contributed by atoms with E-state index < -0.39 is 0 Å². The van der Waals surface area contributed by atoms with Crippen molar-refractivity contribution in [3.05, 3.63) is 35.9 Å². The molecule has 0 atom stereocenters. The normalized spacial score (nSPS) is 12.9. The topological polar surface area (TPSA) is 82.1 Å². The molecule has 4 N–H and O–H groups in total. The second-order valence-electron chi connectivity index (χ2n) is 5.96. The minimum Gasteiger partial charge on any atom is -0.409 e. The van der Waals surface area contributed by atoms with Gasteiger partial charge in [0.1, 0.15) is 5.84 Å². The van der Waals surface area contributed by atoms with E-state index in [0.29, 0.717) is 6.54 Å².